The predicted molar refractivity (Wildman–Crippen MR) is 69.8 cm³/mol. The Hall–Kier alpha value is -2.28. The zero-order chi connectivity index (χ0) is 13.1. The Kier molecular flexibility index (Phi) is 3.33. The summed E-state index contributed by atoms with van der Waals surface area (Å²) in [6, 6.07) is 7.86. The maximum absolute atomic E-state index is 11.2. The van der Waals surface area contributed by atoms with Gasteiger partial charge >= 0.3 is 0 Å². The first-order valence-electron chi connectivity index (χ1n) is 5.86. The van der Waals surface area contributed by atoms with Gasteiger partial charge in [-0.1, -0.05) is 18.7 Å². The molecule has 1 amide bonds. The molecule has 1 aromatic carbocycles. The molecule has 1 atom stereocenters. The molecule has 1 heterocycles. The Labute approximate surface area is 106 Å². The minimum absolute atomic E-state index is 0.00259. The molecule has 0 saturated carbocycles. The van der Waals surface area contributed by atoms with E-state index < -0.39 is 0 Å². The lowest BCUT2D eigenvalue weighted by Gasteiger charge is -2.27. The van der Waals surface area contributed by atoms with Crippen molar-refractivity contribution in [3.05, 3.63) is 41.6 Å². The van der Waals surface area contributed by atoms with Gasteiger partial charge in [-0.2, -0.15) is 5.26 Å². The number of benzene rings is 1. The van der Waals surface area contributed by atoms with Gasteiger partial charge in [0.2, 0.25) is 5.91 Å². The summed E-state index contributed by atoms with van der Waals surface area (Å²) in [5.41, 5.74) is 3.03. The molecule has 0 bridgehead atoms. The van der Waals surface area contributed by atoms with Gasteiger partial charge in [-0.3, -0.25) is 4.79 Å². The van der Waals surface area contributed by atoms with E-state index in [1.807, 2.05) is 25.1 Å². The summed E-state index contributed by atoms with van der Waals surface area (Å²) in [7, 11) is 0. The molecule has 0 aliphatic carbocycles. The van der Waals surface area contributed by atoms with Gasteiger partial charge in [-0.15, -0.1) is 0 Å². The second-order valence-corrected chi connectivity index (χ2v) is 4.42. The Balaban J connectivity index is 2.20. The molecule has 1 aliphatic heterocycles. The lowest BCUT2D eigenvalue weighted by atomic mass is 10.0. The largest absolute Gasteiger partial charge is 0.376 e. The Morgan fingerprint density at radius 1 is 1.56 bits per heavy atom. The van der Waals surface area contributed by atoms with Gasteiger partial charge in [0.25, 0.3) is 0 Å². The number of amides is 1. The van der Waals surface area contributed by atoms with Crippen LogP contribution in [0.2, 0.25) is 0 Å². The quantitative estimate of drug-likeness (QED) is 0.833. The summed E-state index contributed by atoms with van der Waals surface area (Å²) in [4.78, 5) is 11.2. The van der Waals surface area contributed by atoms with Crippen LogP contribution in [0.1, 0.15) is 24.0 Å². The van der Waals surface area contributed by atoms with E-state index in [2.05, 4.69) is 23.3 Å². The summed E-state index contributed by atoms with van der Waals surface area (Å²) in [5, 5.41) is 15.2. The summed E-state index contributed by atoms with van der Waals surface area (Å²) < 4.78 is 0. The summed E-state index contributed by atoms with van der Waals surface area (Å²) in [6.07, 6.45) is 1.17. The van der Waals surface area contributed by atoms with Crippen molar-refractivity contribution < 1.29 is 4.79 Å². The molecule has 4 heteroatoms. The number of aryl methyl sites for hydroxylation is 1. The van der Waals surface area contributed by atoms with E-state index >= 15 is 0 Å². The van der Waals surface area contributed by atoms with Crippen LogP contribution in [0, 0.1) is 18.3 Å². The number of rotatable bonds is 2. The van der Waals surface area contributed by atoms with Crippen LogP contribution in [-0.4, -0.2) is 11.9 Å². The van der Waals surface area contributed by atoms with Crippen molar-refractivity contribution in [3.63, 3.8) is 0 Å². The van der Waals surface area contributed by atoms with Crippen LogP contribution in [0.3, 0.4) is 0 Å². The van der Waals surface area contributed by atoms with Crippen molar-refractivity contribution >= 4 is 11.6 Å². The zero-order valence-electron chi connectivity index (χ0n) is 10.3. The van der Waals surface area contributed by atoms with Crippen molar-refractivity contribution in [2.45, 2.75) is 25.8 Å². The SMILES string of the molecule is C=C1NC(=O)CCC1Nc1cccc(C)c1C#N. The second-order valence-electron chi connectivity index (χ2n) is 4.42. The first kappa shape index (κ1) is 12.2. The second kappa shape index (κ2) is 4.92. The van der Waals surface area contributed by atoms with Gasteiger partial charge in [0.05, 0.1) is 17.3 Å². The molecule has 1 aromatic rings. The van der Waals surface area contributed by atoms with Crippen LogP contribution in [0.4, 0.5) is 5.69 Å². The average molecular weight is 241 g/mol. The molecular weight excluding hydrogens is 226 g/mol. The monoisotopic (exact) mass is 241 g/mol. The normalized spacial score (nSPS) is 19.0. The molecule has 1 aliphatic rings. The van der Waals surface area contributed by atoms with E-state index in [1.54, 1.807) is 0 Å². The number of piperidine rings is 1. The van der Waals surface area contributed by atoms with Gasteiger partial charge in [0, 0.05) is 12.1 Å². The minimum Gasteiger partial charge on any atom is -0.376 e. The highest BCUT2D eigenvalue weighted by atomic mass is 16.1. The highest BCUT2D eigenvalue weighted by Crippen LogP contribution is 2.23. The van der Waals surface area contributed by atoms with Crippen LogP contribution >= 0.6 is 0 Å². The summed E-state index contributed by atoms with van der Waals surface area (Å²) in [5.74, 6) is 0.00259. The van der Waals surface area contributed by atoms with Crippen LogP contribution in [0.15, 0.2) is 30.5 Å². The van der Waals surface area contributed by atoms with Crippen LogP contribution in [0.25, 0.3) is 0 Å². The Morgan fingerprint density at radius 3 is 3.00 bits per heavy atom. The Bertz CT molecular complexity index is 542. The number of carbonyl (C=O) groups excluding carboxylic acids is 1. The minimum atomic E-state index is -0.0170. The molecule has 4 nitrogen and oxygen atoms in total. The fourth-order valence-corrected chi connectivity index (χ4v) is 2.06. The van der Waals surface area contributed by atoms with Gasteiger partial charge < -0.3 is 10.6 Å². The third-order valence-electron chi connectivity index (χ3n) is 3.10. The van der Waals surface area contributed by atoms with Gasteiger partial charge in [-0.05, 0) is 25.0 Å². The van der Waals surface area contributed by atoms with Gasteiger partial charge in [0.15, 0.2) is 0 Å². The fraction of sp³-hybridized carbons (Fsp3) is 0.286. The Morgan fingerprint density at radius 2 is 2.33 bits per heavy atom. The molecule has 0 spiro atoms. The number of carbonyl (C=O) groups is 1. The van der Waals surface area contributed by atoms with Crippen molar-refractivity contribution in [1.82, 2.24) is 5.32 Å². The van der Waals surface area contributed by atoms with E-state index in [0.29, 0.717) is 24.1 Å². The maximum Gasteiger partial charge on any atom is 0.224 e. The molecule has 2 N–H and O–H groups in total. The maximum atomic E-state index is 11.2. The molecule has 0 radical (unpaired) electrons. The highest BCUT2D eigenvalue weighted by Gasteiger charge is 2.22. The fourth-order valence-electron chi connectivity index (χ4n) is 2.06. The van der Waals surface area contributed by atoms with Crippen LogP contribution < -0.4 is 10.6 Å². The first-order chi connectivity index (χ1) is 8.61. The average Bonchev–Trinajstić information content (AvgIpc) is 2.33. The number of nitrogens with one attached hydrogen (secondary N) is 2. The lowest BCUT2D eigenvalue weighted by molar-refractivity contribution is -0.121. The smallest absolute Gasteiger partial charge is 0.224 e. The van der Waals surface area contributed by atoms with E-state index in [-0.39, 0.29) is 11.9 Å². The standard InChI is InChI=1S/C14H15N3O/c1-9-4-3-5-13(11(9)8-15)17-12-6-7-14(18)16-10(12)2/h3-5,12,17H,2,6-7H2,1H3,(H,16,18). The van der Waals surface area contributed by atoms with Crippen LogP contribution in [0.5, 0.6) is 0 Å². The molecule has 1 fully saturated rings. The number of hydrogen-bond donors (Lipinski definition) is 2. The van der Waals surface area contributed by atoms with Crippen molar-refractivity contribution in [2.75, 3.05) is 5.32 Å². The third-order valence-corrected chi connectivity index (χ3v) is 3.10. The van der Waals surface area contributed by atoms with Crippen molar-refractivity contribution in [3.8, 4) is 6.07 Å². The number of anilines is 1. The van der Waals surface area contributed by atoms with Crippen molar-refractivity contribution in [2.24, 2.45) is 0 Å². The highest BCUT2D eigenvalue weighted by molar-refractivity contribution is 5.79. The van der Waals surface area contributed by atoms with Gasteiger partial charge in [0.1, 0.15) is 6.07 Å². The summed E-state index contributed by atoms with van der Waals surface area (Å²) >= 11 is 0. The predicted octanol–water partition coefficient (Wildman–Crippen LogP) is 2.07. The molecule has 2 rings (SSSR count). The first-order valence-corrected chi connectivity index (χ1v) is 5.86. The molecule has 92 valence electrons. The number of nitriles is 1. The molecule has 0 aromatic heterocycles. The molecule has 18 heavy (non-hydrogen) atoms. The third kappa shape index (κ3) is 2.35. The number of nitrogens with zero attached hydrogens (tertiary/aromatic N) is 1. The molecular formula is C14H15N3O. The topological polar surface area (TPSA) is 64.9 Å². The molecule has 1 saturated heterocycles. The number of hydrogen-bond acceptors (Lipinski definition) is 3. The lowest BCUT2D eigenvalue weighted by Crippen LogP contribution is -2.39. The van der Waals surface area contributed by atoms with Crippen molar-refractivity contribution in [1.29, 1.82) is 5.26 Å². The van der Waals surface area contributed by atoms with E-state index in [9.17, 15) is 4.79 Å². The van der Waals surface area contributed by atoms with E-state index in [4.69, 9.17) is 5.26 Å². The summed E-state index contributed by atoms with van der Waals surface area (Å²) in [6.45, 7) is 5.75. The van der Waals surface area contributed by atoms with E-state index in [1.165, 1.54) is 0 Å². The van der Waals surface area contributed by atoms with E-state index in [0.717, 1.165) is 11.3 Å². The van der Waals surface area contributed by atoms with Gasteiger partial charge in [-0.25, -0.2) is 0 Å². The zero-order valence-corrected chi connectivity index (χ0v) is 10.3. The van der Waals surface area contributed by atoms with Crippen LogP contribution in [-0.2, 0) is 4.79 Å². The molecule has 1 unspecified atom stereocenters.